The minimum atomic E-state index is -3.74. The van der Waals surface area contributed by atoms with Crippen LogP contribution in [0.4, 0.5) is 0 Å². The lowest BCUT2D eigenvalue weighted by Gasteiger charge is -2.00. The van der Waals surface area contributed by atoms with Gasteiger partial charge in [-0.05, 0) is 23.2 Å². The Labute approximate surface area is 86.0 Å². The lowest BCUT2D eigenvalue weighted by atomic mass is 9.80. The fourth-order valence-electron chi connectivity index (χ4n) is 1.34. The van der Waals surface area contributed by atoms with E-state index in [1.54, 1.807) is 6.07 Å². The Balaban J connectivity index is 2.56. The Morgan fingerprint density at radius 3 is 2.86 bits per heavy atom. The Morgan fingerprint density at radius 1 is 1.50 bits per heavy atom. The van der Waals surface area contributed by atoms with Crippen LogP contribution in [-0.2, 0) is 20.3 Å². The van der Waals surface area contributed by atoms with Crippen LogP contribution in [0, 0.1) is 0 Å². The second kappa shape index (κ2) is 3.24. The molecule has 0 radical (unpaired) electrons. The molecule has 14 heavy (non-hydrogen) atoms. The largest absolute Gasteiger partial charge is 0.491 e. The van der Waals surface area contributed by atoms with Crippen molar-refractivity contribution < 1.29 is 18.1 Å². The van der Waals surface area contributed by atoms with Crippen molar-refractivity contribution in [1.82, 2.24) is 0 Å². The molecular weight excluding hydrogens is 226 g/mol. The lowest BCUT2D eigenvalue weighted by Crippen LogP contribution is -2.28. The fraction of sp³-hybridized carbons (Fsp3) is 0.143. The summed E-state index contributed by atoms with van der Waals surface area (Å²) in [6, 6.07) is 4.30. The number of hydrogen-bond donors (Lipinski definition) is 1. The molecule has 1 aromatic carbocycles. The highest BCUT2D eigenvalue weighted by Gasteiger charge is 2.28. The Morgan fingerprint density at radius 2 is 2.21 bits per heavy atom. The van der Waals surface area contributed by atoms with Gasteiger partial charge < -0.3 is 9.68 Å². The third-order valence-corrected chi connectivity index (χ3v) is 3.41. The molecule has 4 nitrogen and oxygen atoms in total. The van der Waals surface area contributed by atoms with Gasteiger partial charge in [0.1, 0.15) is 0 Å². The monoisotopic (exact) mass is 232 g/mol. The Bertz CT molecular complexity index is 473. The molecule has 0 amide bonds. The molecule has 0 unspecified atom stereocenters. The normalized spacial score (nSPS) is 15.7. The number of hydrogen-bond acceptors (Lipinski definition) is 4. The summed E-state index contributed by atoms with van der Waals surface area (Å²) in [7, 11) is 0.363. The standard InChI is InChI=1S/C7H6BClO4S/c9-14(11,12)6-2-1-5-4-13-8(10)7(5)3-6/h1-3,10H,4H2. The van der Waals surface area contributed by atoms with E-state index in [0.717, 1.165) is 5.56 Å². The maximum atomic E-state index is 11.0. The molecule has 2 rings (SSSR count). The Hall–Kier alpha value is -0.555. The highest BCUT2D eigenvalue weighted by atomic mass is 35.7. The first kappa shape index (κ1) is 9.98. The van der Waals surface area contributed by atoms with Gasteiger partial charge in [-0.15, -0.1) is 0 Å². The van der Waals surface area contributed by atoms with E-state index in [9.17, 15) is 13.4 Å². The van der Waals surface area contributed by atoms with Crippen LogP contribution >= 0.6 is 10.7 Å². The smallest absolute Gasteiger partial charge is 0.423 e. The van der Waals surface area contributed by atoms with Crippen LogP contribution < -0.4 is 5.46 Å². The van der Waals surface area contributed by atoms with Crippen molar-refractivity contribution in [2.24, 2.45) is 0 Å². The van der Waals surface area contributed by atoms with Crippen LogP contribution in [0.1, 0.15) is 5.56 Å². The number of benzene rings is 1. The predicted molar refractivity (Wildman–Crippen MR) is 51.9 cm³/mol. The average Bonchev–Trinajstić information content (AvgIpc) is 2.46. The van der Waals surface area contributed by atoms with Gasteiger partial charge in [0.05, 0.1) is 11.5 Å². The zero-order valence-electron chi connectivity index (χ0n) is 6.97. The maximum Gasteiger partial charge on any atom is 0.491 e. The van der Waals surface area contributed by atoms with Crippen LogP contribution in [0.25, 0.3) is 0 Å². The summed E-state index contributed by atoms with van der Waals surface area (Å²) >= 11 is 0. The van der Waals surface area contributed by atoms with Gasteiger partial charge in [-0.3, -0.25) is 0 Å². The van der Waals surface area contributed by atoms with Crippen molar-refractivity contribution in [2.45, 2.75) is 11.5 Å². The first-order chi connectivity index (χ1) is 6.48. The predicted octanol–water partition coefficient (Wildman–Crippen LogP) is -0.168. The van der Waals surface area contributed by atoms with Crippen LogP contribution in [0.5, 0.6) is 0 Å². The molecule has 7 heteroatoms. The molecule has 1 aliphatic heterocycles. The molecule has 0 spiro atoms. The van der Waals surface area contributed by atoms with Crippen molar-refractivity contribution >= 4 is 32.3 Å². The quantitative estimate of drug-likeness (QED) is 0.539. The highest BCUT2D eigenvalue weighted by molar-refractivity contribution is 8.13. The molecule has 0 saturated carbocycles. The first-order valence-electron chi connectivity index (χ1n) is 3.85. The molecule has 1 aliphatic rings. The van der Waals surface area contributed by atoms with Gasteiger partial charge in [-0.2, -0.15) is 0 Å². The SMILES string of the molecule is O=S(=O)(Cl)c1ccc2c(c1)B(O)OC2. The molecule has 0 bridgehead atoms. The van der Waals surface area contributed by atoms with Gasteiger partial charge in [-0.25, -0.2) is 8.42 Å². The summed E-state index contributed by atoms with van der Waals surface area (Å²) < 4.78 is 26.9. The molecule has 1 heterocycles. The summed E-state index contributed by atoms with van der Waals surface area (Å²) in [6.45, 7) is 0.291. The molecule has 1 aromatic rings. The average molecular weight is 232 g/mol. The van der Waals surface area contributed by atoms with Crippen LogP contribution in [0.15, 0.2) is 23.1 Å². The van der Waals surface area contributed by atoms with E-state index < -0.39 is 16.2 Å². The molecule has 0 atom stereocenters. The van der Waals surface area contributed by atoms with Crippen LogP contribution in [0.2, 0.25) is 0 Å². The summed E-state index contributed by atoms with van der Waals surface area (Å²) in [5, 5.41) is 9.31. The first-order valence-corrected chi connectivity index (χ1v) is 6.16. The molecule has 0 aromatic heterocycles. The van der Waals surface area contributed by atoms with Crippen LogP contribution in [-0.4, -0.2) is 20.6 Å². The minimum Gasteiger partial charge on any atom is -0.423 e. The highest BCUT2D eigenvalue weighted by Crippen LogP contribution is 2.17. The van der Waals surface area contributed by atoms with Gasteiger partial charge in [0, 0.05) is 10.7 Å². The second-order valence-corrected chi connectivity index (χ2v) is 5.53. The summed E-state index contributed by atoms with van der Waals surface area (Å²) in [4.78, 5) is -0.0255. The summed E-state index contributed by atoms with van der Waals surface area (Å²) in [5.74, 6) is 0. The lowest BCUT2D eigenvalue weighted by molar-refractivity contribution is 0.275. The maximum absolute atomic E-state index is 11.0. The van der Waals surface area contributed by atoms with E-state index in [4.69, 9.17) is 15.3 Å². The van der Waals surface area contributed by atoms with E-state index in [0.29, 0.717) is 12.1 Å². The molecule has 0 saturated heterocycles. The third kappa shape index (κ3) is 1.66. The topological polar surface area (TPSA) is 63.6 Å². The zero-order valence-corrected chi connectivity index (χ0v) is 8.55. The van der Waals surface area contributed by atoms with E-state index in [-0.39, 0.29) is 4.90 Å². The Kier molecular flexibility index (Phi) is 2.31. The van der Waals surface area contributed by atoms with Gasteiger partial charge >= 0.3 is 7.12 Å². The molecule has 1 N–H and O–H groups in total. The molecule has 0 fully saturated rings. The number of rotatable bonds is 1. The second-order valence-electron chi connectivity index (χ2n) is 2.96. The minimum absolute atomic E-state index is 0.0255. The zero-order chi connectivity index (χ0) is 10.3. The van der Waals surface area contributed by atoms with E-state index in [1.165, 1.54) is 12.1 Å². The summed E-state index contributed by atoms with van der Waals surface area (Å²) in [5.41, 5.74) is 1.24. The number of fused-ring (bicyclic) bond motifs is 1. The van der Waals surface area contributed by atoms with Crippen LogP contribution in [0.3, 0.4) is 0 Å². The van der Waals surface area contributed by atoms with Gasteiger partial charge in [0.15, 0.2) is 0 Å². The summed E-state index contributed by atoms with van der Waals surface area (Å²) in [6.07, 6.45) is 0. The van der Waals surface area contributed by atoms with Crippen molar-refractivity contribution in [2.75, 3.05) is 0 Å². The van der Waals surface area contributed by atoms with Gasteiger partial charge in [-0.1, -0.05) is 6.07 Å². The molecule has 0 aliphatic carbocycles. The van der Waals surface area contributed by atoms with E-state index >= 15 is 0 Å². The fourth-order valence-corrected chi connectivity index (χ4v) is 2.13. The molecule has 74 valence electrons. The third-order valence-electron chi connectivity index (χ3n) is 2.06. The van der Waals surface area contributed by atoms with E-state index in [2.05, 4.69) is 0 Å². The van der Waals surface area contributed by atoms with E-state index in [1.807, 2.05) is 0 Å². The van der Waals surface area contributed by atoms with Gasteiger partial charge in [0.2, 0.25) is 0 Å². The molecular formula is C7H6BClO4S. The van der Waals surface area contributed by atoms with Crippen molar-refractivity contribution in [3.05, 3.63) is 23.8 Å². The van der Waals surface area contributed by atoms with Gasteiger partial charge in [0.25, 0.3) is 9.05 Å². The van der Waals surface area contributed by atoms with Crippen molar-refractivity contribution in [3.8, 4) is 0 Å². The number of halogens is 1. The van der Waals surface area contributed by atoms with Crippen molar-refractivity contribution in [1.29, 1.82) is 0 Å². The van der Waals surface area contributed by atoms with Crippen molar-refractivity contribution in [3.63, 3.8) is 0 Å².